The van der Waals surface area contributed by atoms with Gasteiger partial charge < -0.3 is 14.9 Å². The van der Waals surface area contributed by atoms with E-state index in [9.17, 15) is 4.79 Å². The topological polar surface area (TPSA) is 73.6 Å². The van der Waals surface area contributed by atoms with Crippen LogP contribution >= 0.6 is 12.2 Å². The van der Waals surface area contributed by atoms with Crippen molar-refractivity contribution >= 4 is 29.2 Å². The fraction of sp³-hybridized carbons (Fsp3) is 0.308. The molecule has 98 valence electrons. The normalized spacial score (nSPS) is 10.6. The van der Waals surface area contributed by atoms with Crippen molar-refractivity contribution in [2.24, 2.45) is 0 Å². The van der Waals surface area contributed by atoms with Gasteiger partial charge in [-0.15, -0.1) is 0 Å². The molecule has 0 saturated carbocycles. The van der Waals surface area contributed by atoms with Crippen LogP contribution in [0, 0.1) is 16.1 Å². The summed E-state index contributed by atoms with van der Waals surface area (Å²) in [6.45, 7) is 3.95. The number of nitriles is 1. The zero-order valence-corrected chi connectivity index (χ0v) is 11.5. The third-order valence-electron chi connectivity index (χ3n) is 2.68. The minimum atomic E-state index is -0.102. The lowest BCUT2D eigenvalue weighted by Gasteiger charge is -2.09. The van der Waals surface area contributed by atoms with E-state index < -0.39 is 0 Å². The van der Waals surface area contributed by atoms with E-state index in [-0.39, 0.29) is 18.5 Å². The summed E-state index contributed by atoms with van der Waals surface area (Å²) in [6.07, 6.45) is 0. The molecule has 1 aromatic carbocycles. The number of H-pyrrole nitrogens is 1. The molecule has 0 bridgehead atoms. The number of benzene rings is 1. The molecule has 5 nitrogen and oxygen atoms in total. The summed E-state index contributed by atoms with van der Waals surface area (Å²) in [7, 11) is 0. The number of rotatable bonds is 3. The van der Waals surface area contributed by atoms with Crippen LogP contribution in [0.3, 0.4) is 0 Å². The van der Waals surface area contributed by atoms with E-state index in [1.165, 1.54) is 0 Å². The van der Waals surface area contributed by atoms with Crippen LogP contribution < -0.4 is 5.32 Å². The van der Waals surface area contributed by atoms with Crippen molar-refractivity contribution in [3.8, 4) is 6.07 Å². The van der Waals surface area contributed by atoms with Gasteiger partial charge in [0.05, 0.1) is 16.6 Å². The molecule has 0 aliphatic carbocycles. The van der Waals surface area contributed by atoms with Crippen molar-refractivity contribution in [2.45, 2.75) is 26.4 Å². The maximum absolute atomic E-state index is 11.8. The van der Waals surface area contributed by atoms with Gasteiger partial charge in [-0.25, -0.2) is 0 Å². The second kappa shape index (κ2) is 5.24. The van der Waals surface area contributed by atoms with Gasteiger partial charge in [-0.05, 0) is 38.2 Å². The molecule has 2 aromatic rings. The highest BCUT2D eigenvalue weighted by Crippen LogP contribution is 2.17. The first-order valence-corrected chi connectivity index (χ1v) is 6.34. The molecule has 0 aliphatic heterocycles. The van der Waals surface area contributed by atoms with Crippen molar-refractivity contribution in [1.29, 1.82) is 5.26 Å². The van der Waals surface area contributed by atoms with Gasteiger partial charge in [0.1, 0.15) is 12.6 Å². The third kappa shape index (κ3) is 2.66. The van der Waals surface area contributed by atoms with Gasteiger partial charge in [0, 0.05) is 6.04 Å². The summed E-state index contributed by atoms with van der Waals surface area (Å²) < 4.78 is 2.14. The van der Waals surface area contributed by atoms with Gasteiger partial charge in [-0.2, -0.15) is 5.26 Å². The van der Waals surface area contributed by atoms with Crippen molar-refractivity contribution < 1.29 is 4.79 Å². The minimum Gasteiger partial charge on any atom is -0.352 e. The van der Waals surface area contributed by atoms with Crippen LogP contribution in [-0.4, -0.2) is 21.5 Å². The fourth-order valence-corrected chi connectivity index (χ4v) is 2.21. The molecule has 1 amide bonds. The van der Waals surface area contributed by atoms with Gasteiger partial charge >= 0.3 is 0 Å². The summed E-state index contributed by atoms with van der Waals surface area (Å²) in [4.78, 5) is 14.8. The largest absolute Gasteiger partial charge is 0.352 e. The Hall–Kier alpha value is -2.13. The van der Waals surface area contributed by atoms with Crippen LogP contribution in [0.1, 0.15) is 19.4 Å². The molecular formula is C13H14N4OS. The highest BCUT2D eigenvalue weighted by atomic mass is 32.1. The van der Waals surface area contributed by atoms with E-state index >= 15 is 0 Å². The summed E-state index contributed by atoms with van der Waals surface area (Å²) in [5.41, 5.74) is 1.96. The van der Waals surface area contributed by atoms with Crippen LogP contribution in [0.5, 0.6) is 0 Å². The second-order valence-corrected chi connectivity index (χ2v) is 4.94. The first-order chi connectivity index (χ1) is 9.02. The molecule has 1 heterocycles. The smallest absolute Gasteiger partial charge is 0.240 e. The number of fused-ring (bicyclic) bond motifs is 1. The summed E-state index contributed by atoms with van der Waals surface area (Å²) in [5.74, 6) is -0.102. The predicted molar refractivity (Wildman–Crippen MR) is 75.1 cm³/mol. The molecular weight excluding hydrogens is 260 g/mol. The van der Waals surface area contributed by atoms with Gasteiger partial charge in [-0.3, -0.25) is 4.79 Å². The first kappa shape index (κ1) is 13.3. The lowest BCUT2D eigenvalue weighted by atomic mass is 10.2. The third-order valence-corrected chi connectivity index (χ3v) is 3.00. The Kier molecular flexibility index (Phi) is 3.67. The van der Waals surface area contributed by atoms with E-state index in [4.69, 9.17) is 17.5 Å². The highest BCUT2D eigenvalue weighted by Gasteiger charge is 2.11. The molecule has 0 spiro atoms. The van der Waals surface area contributed by atoms with E-state index in [0.29, 0.717) is 15.9 Å². The molecule has 2 N–H and O–H groups in total. The van der Waals surface area contributed by atoms with Crippen LogP contribution in [-0.2, 0) is 11.3 Å². The minimum absolute atomic E-state index is 0.0848. The molecule has 6 heteroatoms. The quantitative estimate of drug-likeness (QED) is 0.842. The Morgan fingerprint density at radius 2 is 2.32 bits per heavy atom. The number of nitrogens with zero attached hydrogens (tertiary/aromatic N) is 2. The molecule has 0 unspecified atom stereocenters. The molecule has 0 aliphatic rings. The van der Waals surface area contributed by atoms with E-state index in [0.717, 1.165) is 5.52 Å². The Morgan fingerprint density at radius 3 is 2.95 bits per heavy atom. The number of amides is 1. The number of imidazole rings is 1. The number of hydrogen-bond donors (Lipinski definition) is 2. The number of aromatic nitrogens is 2. The van der Waals surface area contributed by atoms with Gasteiger partial charge in [0.15, 0.2) is 4.77 Å². The van der Waals surface area contributed by atoms with Gasteiger partial charge in [-0.1, -0.05) is 6.07 Å². The number of hydrogen-bond acceptors (Lipinski definition) is 3. The highest BCUT2D eigenvalue weighted by molar-refractivity contribution is 7.71. The molecule has 1 aromatic heterocycles. The zero-order valence-electron chi connectivity index (χ0n) is 10.7. The Balaban J connectivity index is 2.45. The van der Waals surface area contributed by atoms with E-state index in [1.54, 1.807) is 16.7 Å². The summed E-state index contributed by atoms with van der Waals surface area (Å²) in [5, 5.41) is 11.9. The molecule has 0 fully saturated rings. The predicted octanol–water partition coefficient (Wildman–Crippen LogP) is 2.10. The summed E-state index contributed by atoms with van der Waals surface area (Å²) in [6, 6.07) is 7.52. The van der Waals surface area contributed by atoms with Crippen molar-refractivity contribution in [1.82, 2.24) is 14.9 Å². The monoisotopic (exact) mass is 274 g/mol. The number of carbonyl (C=O) groups is 1. The molecule has 2 rings (SSSR count). The molecule has 0 saturated heterocycles. The van der Waals surface area contributed by atoms with Crippen LogP contribution in [0.4, 0.5) is 0 Å². The fourth-order valence-electron chi connectivity index (χ4n) is 1.94. The maximum atomic E-state index is 11.8. The lowest BCUT2D eigenvalue weighted by Crippen LogP contribution is -2.33. The Bertz CT molecular complexity index is 720. The van der Waals surface area contributed by atoms with Crippen molar-refractivity contribution in [2.75, 3.05) is 0 Å². The van der Waals surface area contributed by atoms with E-state index in [2.05, 4.69) is 16.4 Å². The molecule has 0 atom stereocenters. The maximum Gasteiger partial charge on any atom is 0.240 e. The van der Waals surface area contributed by atoms with Crippen molar-refractivity contribution in [3.05, 3.63) is 28.5 Å². The second-order valence-electron chi connectivity index (χ2n) is 4.55. The Labute approximate surface area is 115 Å². The van der Waals surface area contributed by atoms with Crippen LogP contribution in [0.25, 0.3) is 11.0 Å². The van der Waals surface area contributed by atoms with Crippen LogP contribution in [0.2, 0.25) is 0 Å². The number of aromatic amines is 1. The zero-order chi connectivity index (χ0) is 14.0. The van der Waals surface area contributed by atoms with Gasteiger partial charge in [0.2, 0.25) is 5.91 Å². The number of nitrogens with one attached hydrogen (secondary N) is 2. The average Bonchev–Trinajstić information content (AvgIpc) is 2.65. The lowest BCUT2D eigenvalue weighted by molar-refractivity contribution is -0.122. The first-order valence-electron chi connectivity index (χ1n) is 5.94. The van der Waals surface area contributed by atoms with E-state index in [1.807, 2.05) is 19.9 Å². The standard InChI is InChI=1S/C13H14N4OS/c1-8(2)15-11(18)7-17-10-5-3-4-9(6-14)12(10)16-13(17)19/h3-5,8H,7H2,1-2H3,(H,15,18)(H,16,19). The average molecular weight is 274 g/mol. The van der Waals surface area contributed by atoms with Gasteiger partial charge in [0.25, 0.3) is 0 Å². The number of carbonyl (C=O) groups excluding carboxylic acids is 1. The molecule has 0 radical (unpaired) electrons. The molecule has 19 heavy (non-hydrogen) atoms. The Morgan fingerprint density at radius 1 is 1.58 bits per heavy atom. The number of para-hydroxylation sites is 1. The SMILES string of the molecule is CC(C)NC(=O)Cn1c(=S)[nH]c2c(C#N)cccc21. The van der Waals surface area contributed by atoms with Crippen molar-refractivity contribution in [3.63, 3.8) is 0 Å². The van der Waals surface area contributed by atoms with Crippen LogP contribution in [0.15, 0.2) is 18.2 Å². The summed E-state index contributed by atoms with van der Waals surface area (Å²) >= 11 is 5.21.